The van der Waals surface area contributed by atoms with Gasteiger partial charge in [0.05, 0.1) is 18.5 Å². The van der Waals surface area contributed by atoms with Crippen molar-refractivity contribution < 1.29 is 9.84 Å². The Kier molecular flexibility index (Phi) is 5.23. The number of ether oxygens (including phenoxy) is 1. The molecule has 0 aliphatic carbocycles. The van der Waals surface area contributed by atoms with Crippen LogP contribution in [0.1, 0.15) is 18.7 Å². The minimum atomic E-state index is -0.748. The highest BCUT2D eigenvalue weighted by molar-refractivity contribution is 5.51. The second-order valence-corrected chi connectivity index (χ2v) is 3.43. The first-order chi connectivity index (χ1) is 8.22. The number of anilines is 1. The van der Waals surface area contributed by atoms with Crippen molar-refractivity contribution in [3.05, 3.63) is 42.6 Å². The van der Waals surface area contributed by atoms with Gasteiger partial charge in [0.1, 0.15) is 6.10 Å². The standard InChI is InChI=1S/C13H18N2O2/c1-4-6-11(16)13-10(14-9-5-2)7-8-12(15-13)17-3/h4-8,11,14,16H,2,9H2,1,3H3/b6-4+. The minimum absolute atomic E-state index is 0.479. The van der Waals surface area contributed by atoms with E-state index in [1.54, 1.807) is 31.4 Å². The van der Waals surface area contributed by atoms with Crippen molar-refractivity contribution in [2.24, 2.45) is 0 Å². The van der Waals surface area contributed by atoms with Crippen LogP contribution in [-0.4, -0.2) is 23.7 Å². The van der Waals surface area contributed by atoms with Gasteiger partial charge >= 0.3 is 0 Å². The normalized spacial score (nSPS) is 12.4. The zero-order valence-corrected chi connectivity index (χ0v) is 10.2. The number of pyridine rings is 1. The zero-order chi connectivity index (χ0) is 12.7. The maximum atomic E-state index is 9.95. The fraction of sp³-hybridized carbons (Fsp3) is 0.308. The zero-order valence-electron chi connectivity index (χ0n) is 10.2. The molecule has 0 saturated carbocycles. The SMILES string of the molecule is C=CCNc1ccc(OC)nc1C(O)/C=C/C. The molecule has 4 heteroatoms. The Balaban J connectivity index is 3.05. The van der Waals surface area contributed by atoms with Crippen molar-refractivity contribution in [2.75, 3.05) is 19.0 Å². The largest absolute Gasteiger partial charge is 0.481 e. The summed E-state index contributed by atoms with van der Waals surface area (Å²) in [5, 5.41) is 13.1. The second kappa shape index (κ2) is 6.70. The molecule has 1 atom stereocenters. The molecular weight excluding hydrogens is 216 g/mol. The van der Waals surface area contributed by atoms with Gasteiger partial charge in [-0.25, -0.2) is 4.98 Å². The van der Waals surface area contributed by atoms with Crippen LogP contribution in [0.5, 0.6) is 5.88 Å². The summed E-state index contributed by atoms with van der Waals surface area (Å²) in [5.74, 6) is 0.479. The number of hydrogen-bond donors (Lipinski definition) is 2. The summed E-state index contributed by atoms with van der Waals surface area (Å²) >= 11 is 0. The maximum Gasteiger partial charge on any atom is 0.213 e. The van der Waals surface area contributed by atoms with Crippen LogP contribution in [-0.2, 0) is 0 Å². The first-order valence-corrected chi connectivity index (χ1v) is 5.43. The first kappa shape index (κ1) is 13.3. The Bertz CT molecular complexity index is 402. The Morgan fingerprint density at radius 3 is 2.94 bits per heavy atom. The van der Waals surface area contributed by atoms with E-state index in [0.29, 0.717) is 18.1 Å². The van der Waals surface area contributed by atoms with E-state index >= 15 is 0 Å². The van der Waals surface area contributed by atoms with E-state index in [0.717, 1.165) is 5.69 Å². The molecule has 0 aliphatic heterocycles. The predicted molar refractivity (Wildman–Crippen MR) is 69.2 cm³/mol. The van der Waals surface area contributed by atoms with Gasteiger partial charge in [0, 0.05) is 12.6 Å². The quantitative estimate of drug-likeness (QED) is 0.741. The molecule has 0 aliphatic rings. The van der Waals surface area contributed by atoms with Crippen molar-refractivity contribution in [2.45, 2.75) is 13.0 Å². The van der Waals surface area contributed by atoms with Crippen molar-refractivity contribution in [1.82, 2.24) is 4.98 Å². The third-order valence-electron chi connectivity index (χ3n) is 2.20. The monoisotopic (exact) mass is 234 g/mol. The highest BCUT2D eigenvalue weighted by atomic mass is 16.5. The van der Waals surface area contributed by atoms with Crippen LogP contribution in [0.25, 0.3) is 0 Å². The fourth-order valence-electron chi connectivity index (χ4n) is 1.40. The number of hydrogen-bond acceptors (Lipinski definition) is 4. The second-order valence-electron chi connectivity index (χ2n) is 3.43. The molecule has 1 unspecified atom stereocenters. The first-order valence-electron chi connectivity index (χ1n) is 5.43. The highest BCUT2D eigenvalue weighted by Crippen LogP contribution is 2.24. The number of allylic oxidation sites excluding steroid dienone is 1. The molecule has 0 spiro atoms. The molecule has 92 valence electrons. The van der Waals surface area contributed by atoms with Gasteiger partial charge in [-0.05, 0) is 13.0 Å². The average Bonchev–Trinajstić information content (AvgIpc) is 2.36. The molecule has 0 bridgehead atoms. The van der Waals surface area contributed by atoms with Gasteiger partial charge in [-0.2, -0.15) is 0 Å². The molecule has 0 saturated heterocycles. The number of aliphatic hydroxyl groups excluding tert-OH is 1. The van der Waals surface area contributed by atoms with E-state index in [1.807, 2.05) is 13.0 Å². The molecule has 0 radical (unpaired) electrons. The summed E-state index contributed by atoms with van der Waals surface area (Å²) < 4.78 is 5.05. The van der Waals surface area contributed by atoms with Gasteiger partial charge < -0.3 is 15.2 Å². The van der Waals surface area contributed by atoms with Crippen LogP contribution in [0.15, 0.2) is 36.9 Å². The van der Waals surface area contributed by atoms with Crippen LogP contribution in [0.3, 0.4) is 0 Å². The van der Waals surface area contributed by atoms with E-state index in [-0.39, 0.29) is 0 Å². The fourth-order valence-corrected chi connectivity index (χ4v) is 1.40. The van der Waals surface area contributed by atoms with Crippen LogP contribution < -0.4 is 10.1 Å². The maximum absolute atomic E-state index is 9.95. The molecule has 17 heavy (non-hydrogen) atoms. The molecule has 0 fully saturated rings. The summed E-state index contributed by atoms with van der Waals surface area (Å²) in [6, 6.07) is 3.58. The molecule has 1 aromatic heterocycles. The van der Waals surface area contributed by atoms with Gasteiger partial charge in [-0.3, -0.25) is 0 Å². The molecule has 0 aromatic carbocycles. The third-order valence-corrected chi connectivity index (χ3v) is 2.20. The third kappa shape index (κ3) is 3.60. The Labute approximate surface area is 102 Å². The van der Waals surface area contributed by atoms with Gasteiger partial charge in [-0.15, -0.1) is 6.58 Å². The predicted octanol–water partition coefficient (Wildman–Crippen LogP) is 2.30. The van der Waals surface area contributed by atoms with Crippen molar-refractivity contribution in [3.8, 4) is 5.88 Å². The summed E-state index contributed by atoms with van der Waals surface area (Å²) in [5.41, 5.74) is 1.32. The van der Waals surface area contributed by atoms with Crippen LogP contribution in [0, 0.1) is 0 Å². The molecule has 2 N–H and O–H groups in total. The Morgan fingerprint density at radius 2 is 2.35 bits per heavy atom. The summed E-state index contributed by atoms with van der Waals surface area (Å²) in [7, 11) is 1.55. The van der Waals surface area contributed by atoms with Crippen molar-refractivity contribution >= 4 is 5.69 Å². The van der Waals surface area contributed by atoms with Crippen LogP contribution in [0.4, 0.5) is 5.69 Å². The van der Waals surface area contributed by atoms with Gasteiger partial charge in [0.2, 0.25) is 5.88 Å². The van der Waals surface area contributed by atoms with Gasteiger partial charge in [0.15, 0.2) is 0 Å². The summed E-state index contributed by atoms with van der Waals surface area (Å²) in [6.07, 6.45) is 4.45. The summed E-state index contributed by atoms with van der Waals surface area (Å²) in [4.78, 5) is 4.24. The molecule has 1 heterocycles. The van der Waals surface area contributed by atoms with Crippen LogP contribution >= 0.6 is 0 Å². The number of aliphatic hydroxyl groups is 1. The van der Waals surface area contributed by atoms with E-state index in [2.05, 4.69) is 16.9 Å². The molecule has 0 amide bonds. The van der Waals surface area contributed by atoms with Gasteiger partial charge in [0.25, 0.3) is 0 Å². The average molecular weight is 234 g/mol. The molecule has 4 nitrogen and oxygen atoms in total. The number of methoxy groups -OCH3 is 1. The van der Waals surface area contributed by atoms with E-state index in [1.165, 1.54) is 0 Å². The topological polar surface area (TPSA) is 54.4 Å². The molecule has 1 rings (SSSR count). The van der Waals surface area contributed by atoms with Crippen LogP contribution in [0.2, 0.25) is 0 Å². The van der Waals surface area contributed by atoms with E-state index in [4.69, 9.17) is 4.74 Å². The Morgan fingerprint density at radius 1 is 1.59 bits per heavy atom. The number of nitrogens with one attached hydrogen (secondary N) is 1. The van der Waals surface area contributed by atoms with E-state index < -0.39 is 6.10 Å². The number of rotatable bonds is 6. The molecular formula is C13H18N2O2. The lowest BCUT2D eigenvalue weighted by Crippen LogP contribution is -2.07. The lowest BCUT2D eigenvalue weighted by molar-refractivity contribution is 0.222. The lowest BCUT2D eigenvalue weighted by Gasteiger charge is -2.13. The van der Waals surface area contributed by atoms with E-state index in [9.17, 15) is 5.11 Å². The van der Waals surface area contributed by atoms with Gasteiger partial charge in [-0.1, -0.05) is 18.2 Å². The number of nitrogens with zero attached hydrogens (tertiary/aromatic N) is 1. The number of aromatic nitrogens is 1. The van der Waals surface area contributed by atoms with Crippen molar-refractivity contribution in [1.29, 1.82) is 0 Å². The molecule has 1 aromatic rings. The minimum Gasteiger partial charge on any atom is -0.481 e. The smallest absolute Gasteiger partial charge is 0.213 e. The summed E-state index contributed by atoms with van der Waals surface area (Å²) in [6.45, 7) is 6.10. The van der Waals surface area contributed by atoms with Crippen molar-refractivity contribution in [3.63, 3.8) is 0 Å². The lowest BCUT2D eigenvalue weighted by atomic mass is 10.1. The Hall–Kier alpha value is -1.81. The highest BCUT2D eigenvalue weighted by Gasteiger charge is 2.12.